The molecule has 2 aromatic heterocycles. The van der Waals surface area contributed by atoms with Crippen molar-refractivity contribution >= 4 is 5.91 Å². The van der Waals surface area contributed by atoms with Crippen molar-refractivity contribution in [3.05, 3.63) is 83.3 Å². The van der Waals surface area contributed by atoms with Crippen molar-refractivity contribution in [1.29, 1.82) is 5.26 Å². The van der Waals surface area contributed by atoms with E-state index in [2.05, 4.69) is 16.0 Å². The average Bonchev–Trinajstić information content (AvgIpc) is 3.28. The number of nitrogens with zero attached hydrogens (tertiary/aromatic N) is 4. The molecule has 1 atom stereocenters. The minimum absolute atomic E-state index is 0.117. The van der Waals surface area contributed by atoms with Gasteiger partial charge in [0.2, 0.25) is 0 Å². The summed E-state index contributed by atoms with van der Waals surface area (Å²) in [5, 5.41) is 9.11. The zero-order chi connectivity index (χ0) is 16.5. The zero-order valence-corrected chi connectivity index (χ0v) is 12.6. The standard InChI is InChI=1S/C18H12N4O2/c19-8-12-1-2-15-14(7-12)10-22(17(15)16-9-21-11-24-16)18(23)13-3-5-20-6-4-13/h1-7,9,11,17H,10H2. The second-order valence-corrected chi connectivity index (χ2v) is 5.50. The van der Waals surface area contributed by atoms with Crippen molar-refractivity contribution < 1.29 is 9.21 Å². The van der Waals surface area contributed by atoms with E-state index < -0.39 is 0 Å². The summed E-state index contributed by atoms with van der Waals surface area (Å²) in [6.07, 6.45) is 6.15. The lowest BCUT2D eigenvalue weighted by Gasteiger charge is -2.23. The molecule has 0 aliphatic carbocycles. The van der Waals surface area contributed by atoms with Crippen LogP contribution in [0.4, 0.5) is 0 Å². The molecule has 0 fully saturated rings. The summed E-state index contributed by atoms with van der Waals surface area (Å²) in [6.45, 7) is 0.414. The third-order valence-electron chi connectivity index (χ3n) is 4.13. The predicted octanol–water partition coefficient (Wildman–Crippen LogP) is 2.69. The highest BCUT2D eigenvalue weighted by atomic mass is 16.3. The molecular weight excluding hydrogens is 304 g/mol. The van der Waals surface area contributed by atoms with Crippen LogP contribution >= 0.6 is 0 Å². The first-order valence-corrected chi connectivity index (χ1v) is 7.40. The van der Waals surface area contributed by atoms with Gasteiger partial charge in [-0.25, -0.2) is 4.98 Å². The third-order valence-corrected chi connectivity index (χ3v) is 4.13. The molecule has 0 spiro atoms. The number of rotatable bonds is 2. The molecule has 1 amide bonds. The molecule has 4 rings (SSSR count). The number of oxazole rings is 1. The Morgan fingerprint density at radius 1 is 1.25 bits per heavy atom. The molecule has 24 heavy (non-hydrogen) atoms. The summed E-state index contributed by atoms with van der Waals surface area (Å²) >= 11 is 0. The number of pyridine rings is 1. The lowest BCUT2D eigenvalue weighted by Crippen LogP contribution is -2.30. The second-order valence-electron chi connectivity index (χ2n) is 5.50. The summed E-state index contributed by atoms with van der Waals surface area (Å²) in [6, 6.07) is 10.6. The first kappa shape index (κ1) is 14.2. The SMILES string of the molecule is N#Cc1ccc2c(c1)CN(C(=O)c1ccncc1)C2c1cnco1. The van der Waals surface area contributed by atoms with E-state index in [0.29, 0.717) is 23.4 Å². The van der Waals surface area contributed by atoms with E-state index in [9.17, 15) is 4.79 Å². The maximum Gasteiger partial charge on any atom is 0.255 e. The maximum atomic E-state index is 12.9. The van der Waals surface area contributed by atoms with Crippen LogP contribution in [0.1, 0.15) is 38.9 Å². The molecule has 3 aromatic rings. The molecule has 6 heteroatoms. The normalized spacial score (nSPS) is 15.8. The number of hydrogen-bond donors (Lipinski definition) is 0. The van der Waals surface area contributed by atoms with Gasteiger partial charge in [-0.2, -0.15) is 5.26 Å². The second kappa shape index (κ2) is 5.63. The molecule has 0 saturated carbocycles. The van der Waals surface area contributed by atoms with Crippen LogP contribution in [-0.4, -0.2) is 20.8 Å². The topological polar surface area (TPSA) is 83.0 Å². The fourth-order valence-electron chi connectivity index (χ4n) is 3.04. The Labute approximate surface area is 138 Å². The molecule has 0 radical (unpaired) electrons. The van der Waals surface area contributed by atoms with Gasteiger partial charge < -0.3 is 9.32 Å². The van der Waals surface area contributed by atoms with E-state index in [1.807, 2.05) is 12.1 Å². The molecule has 0 saturated heterocycles. The predicted molar refractivity (Wildman–Crippen MR) is 83.6 cm³/mol. The average molecular weight is 316 g/mol. The number of amides is 1. The molecule has 1 aliphatic heterocycles. The van der Waals surface area contributed by atoms with Gasteiger partial charge in [0, 0.05) is 24.5 Å². The molecule has 1 aromatic carbocycles. The lowest BCUT2D eigenvalue weighted by molar-refractivity contribution is 0.0703. The first-order chi connectivity index (χ1) is 11.8. The summed E-state index contributed by atoms with van der Waals surface area (Å²) in [7, 11) is 0. The first-order valence-electron chi connectivity index (χ1n) is 7.40. The zero-order valence-electron chi connectivity index (χ0n) is 12.6. The monoisotopic (exact) mass is 316 g/mol. The Balaban J connectivity index is 1.80. The van der Waals surface area contributed by atoms with Crippen molar-refractivity contribution in [2.75, 3.05) is 0 Å². The summed E-state index contributed by atoms with van der Waals surface area (Å²) < 4.78 is 5.46. The van der Waals surface area contributed by atoms with Gasteiger partial charge in [-0.05, 0) is 35.4 Å². The van der Waals surface area contributed by atoms with Crippen LogP contribution in [0.5, 0.6) is 0 Å². The molecule has 1 aliphatic rings. The van der Waals surface area contributed by atoms with E-state index >= 15 is 0 Å². The fourth-order valence-corrected chi connectivity index (χ4v) is 3.04. The number of hydrogen-bond acceptors (Lipinski definition) is 5. The van der Waals surface area contributed by atoms with E-state index in [0.717, 1.165) is 11.1 Å². The Morgan fingerprint density at radius 3 is 2.79 bits per heavy atom. The number of aromatic nitrogens is 2. The van der Waals surface area contributed by atoms with Crippen molar-refractivity contribution in [3.63, 3.8) is 0 Å². The van der Waals surface area contributed by atoms with Crippen LogP contribution in [0.3, 0.4) is 0 Å². The molecule has 1 unspecified atom stereocenters. The largest absolute Gasteiger partial charge is 0.446 e. The summed E-state index contributed by atoms with van der Waals surface area (Å²) in [5.41, 5.74) is 3.03. The molecular formula is C18H12N4O2. The van der Waals surface area contributed by atoms with Crippen LogP contribution < -0.4 is 0 Å². The van der Waals surface area contributed by atoms with Crippen LogP contribution in [0.2, 0.25) is 0 Å². The van der Waals surface area contributed by atoms with Gasteiger partial charge in [0.25, 0.3) is 5.91 Å². The van der Waals surface area contributed by atoms with Crippen molar-refractivity contribution in [1.82, 2.24) is 14.9 Å². The Morgan fingerprint density at radius 2 is 2.08 bits per heavy atom. The van der Waals surface area contributed by atoms with Crippen LogP contribution in [-0.2, 0) is 6.54 Å². The van der Waals surface area contributed by atoms with E-state index in [4.69, 9.17) is 9.68 Å². The number of carbonyl (C=O) groups excluding carboxylic acids is 1. The molecule has 3 heterocycles. The van der Waals surface area contributed by atoms with Gasteiger partial charge in [0.05, 0.1) is 17.8 Å². The van der Waals surface area contributed by atoms with Gasteiger partial charge >= 0.3 is 0 Å². The molecule has 6 nitrogen and oxygen atoms in total. The highest BCUT2D eigenvalue weighted by Crippen LogP contribution is 2.39. The minimum Gasteiger partial charge on any atom is -0.446 e. The van der Waals surface area contributed by atoms with E-state index in [1.165, 1.54) is 6.39 Å². The molecule has 116 valence electrons. The summed E-state index contributed by atoms with van der Waals surface area (Å²) in [4.78, 5) is 22.6. The van der Waals surface area contributed by atoms with Crippen LogP contribution in [0.15, 0.2) is 59.7 Å². The van der Waals surface area contributed by atoms with Gasteiger partial charge in [0.15, 0.2) is 12.2 Å². The van der Waals surface area contributed by atoms with E-state index in [-0.39, 0.29) is 11.9 Å². The number of benzene rings is 1. The maximum absolute atomic E-state index is 12.9. The lowest BCUT2D eigenvalue weighted by atomic mass is 10.0. The highest BCUT2D eigenvalue weighted by Gasteiger charge is 2.37. The highest BCUT2D eigenvalue weighted by molar-refractivity contribution is 5.95. The number of nitriles is 1. The Bertz CT molecular complexity index is 929. The Hall–Kier alpha value is -3.46. The number of fused-ring (bicyclic) bond motifs is 1. The van der Waals surface area contributed by atoms with Crippen LogP contribution in [0.25, 0.3) is 0 Å². The quantitative estimate of drug-likeness (QED) is 0.726. The minimum atomic E-state index is -0.351. The van der Waals surface area contributed by atoms with Gasteiger partial charge in [-0.15, -0.1) is 0 Å². The summed E-state index contributed by atoms with van der Waals surface area (Å²) in [5.74, 6) is 0.481. The van der Waals surface area contributed by atoms with Crippen molar-refractivity contribution in [2.24, 2.45) is 0 Å². The van der Waals surface area contributed by atoms with Crippen LogP contribution in [0, 0.1) is 11.3 Å². The Kier molecular flexibility index (Phi) is 3.32. The van der Waals surface area contributed by atoms with Crippen molar-refractivity contribution in [2.45, 2.75) is 12.6 Å². The molecule has 0 bridgehead atoms. The number of carbonyl (C=O) groups is 1. The van der Waals surface area contributed by atoms with Gasteiger partial charge in [0.1, 0.15) is 6.04 Å². The van der Waals surface area contributed by atoms with Gasteiger partial charge in [-0.1, -0.05) is 6.07 Å². The van der Waals surface area contributed by atoms with Crippen molar-refractivity contribution in [3.8, 4) is 6.07 Å². The smallest absolute Gasteiger partial charge is 0.255 e. The molecule has 0 N–H and O–H groups in total. The van der Waals surface area contributed by atoms with E-state index in [1.54, 1.807) is 41.7 Å². The van der Waals surface area contributed by atoms with Gasteiger partial charge in [-0.3, -0.25) is 9.78 Å². The third kappa shape index (κ3) is 2.23. The fraction of sp³-hybridized carbons (Fsp3) is 0.111.